The summed E-state index contributed by atoms with van der Waals surface area (Å²) in [6.45, 7) is 0.660. The Kier molecular flexibility index (Phi) is 5.93. The summed E-state index contributed by atoms with van der Waals surface area (Å²) in [7, 11) is 0. The van der Waals surface area contributed by atoms with Crippen LogP contribution in [-0.4, -0.2) is 41.9 Å². The Balaban J connectivity index is 1.67. The second kappa shape index (κ2) is 8.55. The number of rotatable bonds is 4. The van der Waals surface area contributed by atoms with E-state index in [1.807, 2.05) is 6.07 Å². The van der Waals surface area contributed by atoms with Crippen LogP contribution in [0, 0.1) is 0 Å². The van der Waals surface area contributed by atoms with Crippen molar-refractivity contribution in [2.45, 2.75) is 12.5 Å². The number of hydrogen-bond acceptors (Lipinski definition) is 3. The number of benzene rings is 2. The minimum absolute atomic E-state index is 0.152. The van der Waals surface area contributed by atoms with Gasteiger partial charge in [-0.3, -0.25) is 9.59 Å². The lowest BCUT2D eigenvalue weighted by Gasteiger charge is -2.34. The first-order valence-corrected chi connectivity index (χ1v) is 8.86. The van der Waals surface area contributed by atoms with Crippen molar-refractivity contribution in [3.05, 3.63) is 59.6 Å². The van der Waals surface area contributed by atoms with E-state index in [4.69, 9.17) is 11.6 Å². The van der Waals surface area contributed by atoms with Crippen molar-refractivity contribution in [3.8, 4) is 0 Å². The molecule has 2 aromatic carbocycles. The lowest BCUT2D eigenvalue weighted by atomic mass is 10.1. The fourth-order valence-corrected chi connectivity index (χ4v) is 3.02. The molecule has 0 spiro atoms. The molecule has 0 bridgehead atoms. The number of urea groups is 1. The van der Waals surface area contributed by atoms with Gasteiger partial charge in [-0.25, -0.2) is 4.79 Å². The fourth-order valence-electron chi connectivity index (χ4n) is 2.83. The van der Waals surface area contributed by atoms with Crippen molar-refractivity contribution < 1.29 is 14.4 Å². The van der Waals surface area contributed by atoms with Gasteiger partial charge >= 0.3 is 6.03 Å². The zero-order chi connectivity index (χ0) is 19.2. The number of carbonyl (C=O) groups excluding carboxylic acids is 3. The van der Waals surface area contributed by atoms with E-state index >= 15 is 0 Å². The summed E-state index contributed by atoms with van der Waals surface area (Å²) in [5.41, 5.74) is 1.15. The molecule has 1 aliphatic heterocycles. The molecule has 140 valence electrons. The number of hydrogen-bond donors (Lipinski definition) is 3. The van der Waals surface area contributed by atoms with Gasteiger partial charge in [-0.15, -0.1) is 0 Å². The smallest absolute Gasteiger partial charge is 0.322 e. The Hall–Kier alpha value is -3.06. The van der Waals surface area contributed by atoms with E-state index in [1.165, 1.54) is 4.90 Å². The molecule has 0 saturated carbocycles. The molecule has 4 amide bonds. The van der Waals surface area contributed by atoms with Gasteiger partial charge < -0.3 is 20.9 Å². The van der Waals surface area contributed by atoms with Crippen LogP contribution in [-0.2, 0) is 9.59 Å². The number of nitrogens with zero attached hydrogens (tertiary/aromatic N) is 1. The van der Waals surface area contributed by atoms with Crippen LogP contribution in [0.5, 0.6) is 0 Å². The van der Waals surface area contributed by atoms with E-state index < -0.39 is 12.1 Å². The summed E-state index contributed by atoms with van der Waals surface area (Å²) in [6.07, 6.45) is -0.152. The minimum Gasteiger partial charge on any atom is -0.353 e. The summed E-state index contributed by atoms with van der Waals surface area (Å²) < 4.78 is 0. The third-order valence-corrected chi connectivity index (χ3v) is 4.34. The molecule has 0 unspecified atom stereocenters. The molecule has 3 N–H and O–H groups in total. The van der Waals surface area contributed by atoms with Gasteiger partial charge in [0.1, 0.15) is 6.04 Å². The SMILES string of the molecule is O=C(C[C@@H]1C(=O)NCCN1C(=O)Nc1ccccc1)Nc1cccc(Cl)c1. The van der Waals surface area contributed by atoms with Crippen molar-refractivity contribution in [2.75, 3.05) is 23.7 Å². The van der Waals surface area contributed by atoms with Crippen LogP contribution < -0.4 is 16.0 Å². The molecule has 1 heterocycles. The molecule has 1 saturated heterocycles. The number of anilines is 2. The van der Waals surface area contributed by atoms with Gasteiger partial charge in [-0.05, 0) is 30.3 Å². The number of para-hydroxylation sites is 1. The highest BCUT2D eigenvalue weighted by molar-refractivity contribution is 6.30. The Labute approximate surface area is 161 Å². The maximum absolute atomic E-state index is 12.6. The molecule has 7 nitrogen and oxygen atoms in total. The lowest BCUT2D eigenvalue weighted by molar-refractivity contribution is -0.130. The van der Waals surface area contributed by atoms with Crippen LogP contribution >= 0.6 is 11.6 Å². The number of nitrogens with one attached hydrogen (secondary N) is 3. The first kappa shape index (κ1) is 18.7. The van der Waals surface area contributed by atoms with E-state index in [-0.39, 0.29) is 18.2 Å². The Bertz CT molecular complexity index is 844. The van der Waals surface area contributed by atoms with Gasteiger partial charge in [-0.1, -0.05) is 35.9 Å². The van der Waals surface area contributed by atoms with Crippen molar-refractivity contribution in [1.82, 2.24) is 10.2 Å². The van der Waals surface area contributed by atoms with E-state index in [0.717, 1.165) is 0 Å². The molecule has 1 aliphatic rings. The highest BCUT2D eigenvalue weighted by Crippen LogP contribution is 2.17. The summed E-state index contributed by atoms with van der Waals surface area (Å²) in [4.78, 5) is 38.6. The number of carbonyl (C=O) groups is 3. The molecule has 1 fully saturated rings. The number of halogens is 1. The average molecular weight is 387 g/mol. The third kappa shape index (κ3) is 4.98. The van der Waals surface area contributed by atoms with Crippen LogP contribution in [0.2, 0.25) is 5.02 Å². The van der Waals surface area contributed by atoms with Gasteiger partial charge in [0.25, 0.3) is 0 Å². The first-order valence-electron chi connectivity index (χ1n) is 8.49. The van der Waals surface area contributed by atoms with Crippen LogP contribution in [0.3, 0.4) is 0 Å². The number of piperazine rings is 1. The summed E-state index contributed by atoms with van der Waals surface area (Å²) >= 11 is 5.91. The van der Waals surface area contributed by atoms with Gasteiger partial charge in [0, 0.05) is 29.5 Å². The monoisotopic (exact) mass is 386 g/mol. The van der Waals surface area contributed by atoms with Crippen molar-refractivity contribution in [3.63, 3.8) is 0 Å². The Morgan fingerprint density at radius 1 is 1.07 bits per heavy atom. The van der Waals surface area contributed by atoms with Crippen molar-refractivity contribution in [2.24, 2.45) is 0 Å². The number of amides is 4. The van der Waals surface area contributed by atoms with Crippen molar-refractivity contribution in [1.29, 1.82) is 0 Å². The molecule has 8 heteroatoms. The van der Waals surface area contributed by atoms with Crippen molar-refractivity contribution >= 4 is 40.8 Å². The summed E-state index contributed by atoms with van der Waals surface area (Å²) in [5, 5.41) is 8.64. The maximum atomic E-state index is 12.6. The summed E-state index contributed by atoms with van der Waals surface area (Å²) in [6, 6.07) is 14.4. The van der Waals surface area contributed by atoms with E-state index in [9.17, 15) is 14.4 Å². The molecule has 2 aromatic rings. The van der Waals surface area contributed by atoms with Gasteiger partial charge in [0.2, 0.25) is 11.8 Å². The zero-order valence-electron chi connectivity index (χ0n) is 14.4. The van der Waals surface area contributed by atoms with Gasteiger partial charge in [0.15, 0.2) is 0 Å². The lowest BCUT2D eigenvalue weighted by Crippen LogP contribution is -2.59. The molecular formula is C19H19ClN4O3. The molecule has 1 atom stereocenters. The Morgan fingerprint density at radius 2 is 1.81 bits per heavy atom. The third-order valence-electron chi connectivity index (χ3n) is 4.10. The molecule has 27 heavy (non-hydrogen) atoms. The molecule has 3 rings (SSSR count). The van der Waals surface area contributed by atoms with Crippen LogP contribution in [0.15, 0.2) is 54.6 Å². The maximum Gasteiger partial charge on any atom is 0.322 e. The quantitative estimate of drug-likeness (QED) is 0.754. The predicted molar refractivity (Wildman–Crippen MR) is 104 cm³/mol. The Morgan fingerprint density at radius 3 is 2.56 bits per heavy atom. The molecular weight excluding hydrogens is 368 g/mol. The van der Waals surface area contributed by atoms with Crippen LogP contribution in [0.4, 0.5) is 16.2 Å². The van der Waals surface area contributed by atoms with E-state index in [1.54, 1.807) is 48.5 Å². The second-order valence-corrected chi connectivity index (χ2v) is 6.50. The first-order chi connectivity index (χ1) is 13.0. The van der Waals surface area contributed by atoms with E-state index in [2.05, 4.69) is 16.0 Å². The highest BCUT2D eigenvalue weighted by Gasteiger charge is 2.34. The predicted octanol–water partition coefficient (Wildman–Crippen LogP) is 2.70. The zero-order valence-corrected chi connectivity index (χ0v) is 15.2. The highest BCUT2D eigenvalue weighted by atomic mass is 35.5. The van der Waals surface area contributed by atoms with Gasteiger partial charge in [-0.2, -0.15) is 0 Å². The minimum atomic E-state index is -0.887. The average Bonchev–Trinajstić information content (AvgIpc) is 2.64. The second-order valence-electron chi connectivity index (χ2n) is 6.06. The molecule has 0 radical (unpaired) electrons. The largest absolute Gasteiger partial charge is 0.353 e. The van der Waals surface area contributed by atoms with Crippen LogP contribution in [0.1, 0.15) is 6.42 Å². The fraction of sp³-hybridized carbons (Fsp3) is 0.211. The standard InChI is InChI=1S/C19H19ClN4O3/c20-13-5-4-8-15(11-13)22-17(25)12-16-18(26)21-9-10-24(16)19(27)23-14-6-2-1-3-7-14/h1-8,11,16H,9-10,12H2,(H,21,26)(H,22,25)(H,23,27)/t16-/m1/s1. The van der Waals surface area contributed by atoms with Gasteiger partial charge in [0.05, 0.1) is 6.42 Å². The van der Waals surface area contributed by atoms with Crippen LogP contribution in [0.25, 0.3) is 0 Å². The molecule has 0 aliphatic carbocycles. The summed E-state index contributed by atoms with van der Waals surface area (Å²) in [5.74, 6) is -0.734. The topological polar surface area (TPSA) is 90.5 Å². The van der Waals surface area contributed by atoms with E-state index in [0.29, 0.717) is 29.5 Å². The normalized spacial score (nSPS) is 16.4. The molecule has 0 aromatic heterocycles.